The number of hydrogen-bond donors (Lipinski definition) is 0. The third-order valence-electron chi connectivity index (χ3n) is 4.86. The van der Waals surface area contributed by atoms with Crippen LogP contribution in [0.25, 0.3) is 10.9 Å². The molecule has 0 amide bonds. The number of aryl methyl sites for hydroxylation is 1. The fourth-order valence-electron chi connectivity index (χ4n) is 3.52. The summed E-state index contributed by atoms with van der Waals surface area (Å²) in [5, 5.41) is 4.81. The molecule has 0 spiro atoms. The normalized spacial score (nSPS) is 18.6. The van der Waals surface area contributed by atoms with Gasteiger partial charge in [0.2, 0.25) is 15.9 Å². The third kappa shape index (κ3) is 3.12. The summed E-state index contributed by atoms with van der Waals surface area (Å²) < 4.78 is 33.9. The Morgan fingerprint density at radius 1 is 1.30 bits per heavy atom. The van der Waals surface area contributed by atoms with E-state index in [4.69, 9.17) is 4.52 Å². The summed E-state index contributed by atoms with van der Waals surface area (Å²) in [6, 6.07) is 6.88. The number of nitrogens with zero attached hydrogens (tertiary/aromatic N) is 4. The molecule has 1 saturated heterocycles. The van der Waals surface area contributed by atoms with Crippen molar-refractivity contribution in [1.82, 2.24) is 19.4 Å². The zero-order chi connectivity index (χ0) is 19.2. The molecule has 1 atom stereocenters. The Morgan fingerprint density at radius 2 is 2.11 bits per heavy atom. The van der Waals surface area contributed by atoms with E-state index in [0.717, 1.165) is 17.4 Å². The molecule has 0 saturated carbocycles. The van der Waals surface area contributed by atoms with Gasteiger partial charge in [-0.3, -0.25) is 4.98 Å². The van der Waals surface area contributed by atoms with Crippen molar-refractivity contribution in [1.29, 1.82) is 0 Å². The Balaban J connectivity index is 1.79. The molecular formula is C19H22N4O3S. The van der Waals surface area contributed by atoms with Gasteiger partial charge in [-0.15, -0.1) is 0 Å². The Morgan fingerprint density at radius 3 is 2.85 bits per heavy atom. The van der Waals surface area contributed by atoms with E-state index in [1.165, 1.54) is 4.31 Å². The predicted octanol–water partition coefficient (Wildman–Crippen LogP) is 3.58. The van der Waals surface area contributed by atoms with E-state index in [1.807, 2.05) is 39.0 Å². The highest BCUT2D eigenvalue weighted by molar-refractivity contribution is 7.89. The molecule has 3 aromatic rings. The highest BCUT2D eigenvalue weighted by atomic mass is 32.2. The van der Waals surface area contributed by atoms with Crippen molar-refractivity contribution in [2.75, 3.05) is 6.54 Å². The van der Waals surface area contributed by atoms with Crippen LogP contribution < -0.4 is 0 Å². The maximum absolute atomic E-state index is 13.5. The SMILES string of the molecule is Cc1cc(S(=O)(=O)N2CCC[C@H]2c2nc(C(C)C)no2)c2ncccc2c1. The van der Waals surface area contributed by atoms with E-state index in [2.05, 4.69) is 15.1 Å². The van der Waals surface area contributed by atoms with Crippen LogP contribution in [-0.4, -0.2) is 34.4 Å². The lowest BCUT2D eigenvalue weighted by atomic mass is 10.1. The first-order valence-electron chi connectivity index (χ1n) is 9.08. The van der Waals surface area contributed by atoms with Crippen molar-refractivity contribution in [3.8, 4) is 0 Å². The second kappa shape index (κ2) is 6.69. The third-order valence-corrected chi connectivity index (χ3v) is 6.79. The molecule has 27 heavy (non-hydrogen) atoms. The van der Waals surface area contributed by atoms with Crippen LogP contribution >= 0.6 is 0 Å². The second-order valence-corrected chi connectivity index (χ2v) is 9.12. The molecule has 0 bridgehead atoms. The van der Waals surface area contributed by atoms with Gasteiger partial charge in [-0.2, -0.15) is 9.29 Å². The van der Waals surface area contributed by atoms with E-state index < -0.39 is 16.1 Å². The number of rotatable bonds is 4. The molecule has 142 valence electrons. The van der Waals surface area contributed by atoms with E-state index in [9.17, 15) is 8.42 Å². The molecular weight excluding hydrogens is 364 g/mol. The minimum Gasteiger partial charge on any atom is -0.338 e. The van der Waals surface area contributed by atoms with Crippen molar-refractivity contribution in [3.63, 3.8) is 0 Å². The quantitative estimate of drug-likeness (QED) is 0.681. The minimum absolute atomic E-state index is 0.124. The zero-order valence-electron chi connectivity index (χ0n) is 15.6. The summed E-state index contributed by atoms with van der Waals surface area (Å²) >= 11 is 0. The van der Waals surface area contributed by atoms with Gasteiger partial charge in [-0.25, -0.2) is 8.42 Å². The zero-order valence-corrected chi connectivity index (χ0v) is 16.4. The van der Waals surface area contributed by atoms with Crippen LogP contribution in [-0.2, 0) is 10.0 Å². The lowest BCUT2D eigenvalue weighted by molar-refractivity contribution is 0.289. The number of benzene rings is 1. The molecule has 1 aliphatic heterocycles. The molecule has 8 heteroatoms. The van der Waals surface area contributed by atoms with E-state index >= 15 is 0 Å². The van der Waals surface area contributed by atoms with Crippen molar-refractivity contribution < 1.29 is 12.9 Å². The van der Waals surface area contributed by atoms with Gasteiger partial charge in [0.05, 0.1) is 5.52 Å². The molecule has 0 N–H and O–H groups in total. The molecule has 2 aromatic heterocycles. The van der Waals surface area contributed by atoms with E-state index in [-0.39, 0.29) is 10.8 Å². The summed E-state index contributed by atoms with van der Waals surface area (Å²) in [5.74, 6) is 1.08. The summed E-state index contributed by atoms with van der Waals surface area (Å²) in [5.41, 5.74) is 1.37. The average molecular weight is 386 g/mol. The molecule has 1 aliphatic rings. The molecule has 0 aliphatic carbocycles. The largest absolute Gasteiger partial charge is 0.338 e. The molecule has 0 radical (unpaired) electrons. The van der Waals surface area contributed by atoms with E-state index in [1.54, 1.807) is 12.3 Å². The van der Waals surface area contributed by atoms with Gasteiger partial charge >= 0.3 is 0 Å². The van der Waals surface area contributed by atoms with E-state index in [0.29, 0.717) is 30.2 Å². The van der Waals surface area contributed by atoms with Crippen LogP contribution in [0.5, 0.6) is 0 Å². The molecule has 0 unspecified atom stereocenters. The second-order valence-electron chi connectivity index (χ2n) is 7.26. The molecule has 3 heterocycles. The maximum atomic E-state index is 13.5. The molecule has 4 rings (SSSR count). The van der Waals surface area contributed by atoms with Gasteiger partial charge in [-0.1, -0.05) is 25.1 Å². The lowest BCUT2D eigenvalue weighted by Gasteiger charge is -2.22. The first-order chi connectivity index (χ1) is 12.9. The van der Waals surface area contributed by atoms with Gasteiger partial charge < -0.3 is 4.52 Å². The van der Waals surface area contributed by atoms with Crippen molar-refractivity contribution >= 4 is 20.9 Å². The number of hydrogen-bond acceptors (Lipinski definition) is 6. The summed E-state index contributed by atoms with van der Waals surface area (Å²) in [6.07, 6.45) is 3.03. The Kier molecular flexibility index (Phi) is 4.47. The highest BCUT2D eigenvalue weighted by Crippen LogP contribution is 2.37. The standard InChI is InChI=1S/C19H22N4O3S/c1-12(2)18-21-19(26-22-18)15-7-5-9-23(15)27(24,25)16-11-13(3)10-14-6-4-8-20-17(14)16/h4,6,8,10-12,15H,5,7,9H2,1-3H3/t15-/m0/s1. The van der Waals surface area contributed by atoms with Crippen molar-refractivity contribution in [3.05, 3.63) is 47.7 Å². The lowest BCUT2D eigenvalue weighted by Crippen LogP contribution is -2.31. The van der Waals surface area contributed by atoms with Crippen molar-refractivity contribution in [2.24, 2.45) is 0 Å². The fourth-order valence-corrected chi connectivity index (χ4v) is 5.42. The number of aromatic nitrogens is 3. The highest BCUT2D eigenvalue weighted by Gasteiger charge is 2.40. The first kappa shape index (κ1) is 18.1. The van der Waals surface area contributed by atoms with Crippen LogP contribution in [0.15, 0.2) is 39.9 Å². The monoisotopic (exact) mass is 386 g/mol. The summed E-state index contributed by atoms with van der Waals surface area (Å²) in [7, 11) is -3.75. The van der Waals surface area contributed by atoms with Crippen LogP contribution in [0.4, 0.5) is 0 Å². The Bertz CT molecular complexity index is 1090. The van der Waals surface area contributed by atoms with Crippen LogP contribution in [0.2, 0.25) is 0 Å². The topological polar surface area (TPSA) is 89.2 Å². The smallest absolute Gasteiger partial charge is 0.245 e. The van der Waals surface area contributed by atoms with Gasteiger partial charge in [0.15, 0.2) is 5.82 Å². The maximum Gasteiger partial charge on any atom is 0.245 e. The summed E-state index contributed by atoms with van der Waals surface area (Å²) in [6.45, 7) is 6.26. The first-order valence-corrected chi connectivity index (χ1v) is 10.5. The fraction of sp³-hybridized carbons (Fsp3) is 0.421. The number of pyridine rings is 1. The average Bonchev–Trinajstić information content (AvgIpc) is 3.30. The number of sulfonamides is 1. The van der Waals surface area contributed by atoms with Crippen LogP contribution in [0, 0.1) is 6.92 Å². The van der Waals surface area contributed by atoms with Gasteiger partial charge in [0.1, 0.15) is 10.9 Å². The minimum atomic E-state index is -3.75. The van der Waals surface area contributed by atoms with Gasteiger partial charge in [0, 0.05) is 24.0 Å². The Labute approximate surface area is 158 Å². The molecule has 1 fully saturated rings. The number of fused-ring (bicyclic) bond motifs is 1. The van der Waals surface area contributed by atoms with Crippen LogP contribution in [0.3, 0.4) is 0 Å². The van der Waals surface area contributed by atoms with Gasteiger partial charge in [0.25, 0.3) is 0 Å². The Hall–Kier alpha value is -2.32. The predicted molar refractivity (Wildman–Crippen MR) is 101 cm³/mol. The molecule has 1 aromatic carbocycles. The summed E-state index contributed by atoms with van der Waals surface area (Å²) in [4.78, 5) is 8.99. The van der Waals surface area contributed by atoms with Crippen molar-refractivity contribution in [2.45, 2.75) is 50.5 Å². The molecule has 7 nitrogen and oxygen atoms in total. The van der Waals surface area contributed by atoms with Gasteiger partial charge in [-0.05, 0) is 43.5 Å². The van der Waals surface area contributed by atoms with Crippen LogP contribution in [0.1, 0.15) is 55.9 Å².